The monoisotopic (exact) mass is 449 g/mol. The summed E-state index contributed by atoms with van der Waals surface area (Å²) in [6, 6.07) is 11.9. The molecular weight excluding hydrogens is 426 g/mol. The summed E-state index contributed by atoms with van der Waals surface area (Å²) >= 11 is 1.32. The van der Waals surface area contributed by atoms with Gasteiger partial charge in [-0.15, -0.1) is 11.8 Å². The predicted octanol–water partition coefficient (Wildman–Crippen LogP) is 1.70. The first kappa shape index (κ1) is 22.1. The molecule has 10 heteroatoms. The van der Waals surface area contributed by atoms with Crippen molar-refractivity contribution in [3.8, 4) is 5.75 Å². The van der Waals surface area contributed by atoms with Gasteiger partial charge in [0.1, 0.15) is 12.3 Å². The van der Waals surface area contributed by atoms with Gasteiger partial charge in [-0.3, -0.25) is 9.59 Å². The highest BCUT2D eigenvalue weighted by Gasteiger charge is 2.29. The number of ether oxygens (including phenoxy) is 1. The minimum Gasteiger partial charge on any atom is -0.497 e. The lowest BCUT2D eigenvalue weighted by atomic mass is 10.2. The molecule has 1 heterocycles. The standard InChI is InChI=1S/C20H23N3O5S2/c1-22(2)30(26,27)16-7-8-18-17(10-16)23(20(25)13-29-18)12-19(24)21-11-14-5-4-6-15(9-14)28-3/h4-10H,11-13H2,1-3H3,(H,21,24). The van der Waals surface area contributed by atoms with Crippen LogP contribution in [-0.2, 0) is 26.2 Å². The summed E-state index contributed by atoms with van der Waals surface area (Å²) in [6.07, 6.45) is 0. The minimum atomic E-state index is -3.66. The van der Waals surface area contributed by atoms with Gasteiger partial charge in [0.05, 0.1) is 23.4 Å². The molecular formula is C20H23N3O5S2. The van der Waals surface area contributed by atoms with Crippen molar-refractivity contribution in [2.24, 2.45) is 0 Å². The van der Waals surface area contributed by atoms with Crippen LogP contribution >= 0.6 is 11.8 Å². The number of rotatable bonds is 7. The zero-order valence-corrected chi connectivity index (χ0v) is 18.5. The molecule has 30 heavy (non-hydrogen) atoms. The van der Waals surface area contributed by atoms with E-state index in [0.29, 0.717) is 11.4 Å². The predicted molar refractivity (Wildman–Crippen MR) is 115 cm³/mol. The van der Waals surface area contributed by atoms with E-state index in [4.69, 9.17) is 4.74 Å². The molecule has 0 fully saturated rings. The van der Waals surface area contributed by atoms with Crippen molar-refractivity contribution >= 4 is 39.3 Å². The first-order valence-corrected chi connectivity index (χ1v) is 11.5. The minimum absolute atomic E-state index is 0.0725. The molecule has 0 atom stereocenters. The molecule has 2 amide bonds. The van der Waals surface area contributed by atoms with Crippen molar-refractivity contribution in [2.45, 2.75) is 16.3 Å². The van der Waals surface area contributed by atoms with Crippen LogP contribution in [0.3, 0.4) is 0 Å². The second kappa shape index (κ2) is 9.07. The first-order valence-electron chi connectivity index (χ1n) is 9.11. The van der Waals surface area contributed by atoms with Crippen LogP contribution in [0, 0.1) is 0 Å². The molecule has 0 saturated heterocycles. The second-order valence-corrected chi connectivity index (χ2v) is 9.98. The molecule has 0 spiro atoms. The Morgan fingerprint density at radius 2 is 2.00 bits per heavy atom. The molecule has 1 N–H and O–H groups in total. The van der Waals surface area contributed by atoms with Crippen LogP contribution in [0.4, 0.5) is 5.69 Å². The van der Waals surface area contributed by atoms with Crippen LogP contribution in [0.2, 0.25) is 0 Å². The van der Waals surface area contributed by atoms with Gasteiger partial charge in [0.25, 0.3) is 0 Å². The van der Waals surface area contributed by atoms with Crippen molar-refractivity contribution in [3.63, 3.8) is 0 Å². The highest BCUT2D eigenvalue weighted by molar-refractivity contribution is 8.00. The molecule has 2 aromatic carbocycles. The van der Waals surface area contributed by atoms with Gasteiger partial charge in [-0.25, -0.2) is 12.7 Å². The number of methoxy groups -OCH3 is 1. The fourth-order valence-corrected chi connectivity index (χ4v) is 4.75. The van der Waals surface area contributed by atoms with E-state index in [9.17, 15) is 18.0 Å². The van der Waals surface area contributed by atoms with Crippen molar-refractivity contribution in [1.29, 1.82) is 0 Å². The van der Waals surface area contributed by atoms with Crippen molar-refractivity contribution < 1.29 is 22.7 Å². The molecule has 0 saturated carbocycles. The molecule has 160 valence electrons. The van der Waals surface area contributed by atoms with Crippen LogP contribution in [0.15, 0.2) is 52.3 Å². The second-order valence-electron chi connectivity index (χ2n) is 6.81. The molecule has 0 bridgehead atoms. The zero-order valence-electron chi connectivity index (χ0n) is 16.9. The van der Waals surface area contributed by atoms with Gasteiger partial charge in [0, 0.05) is 25.5 Å². The molecule has 0 aliphatic carbocycles. The fourth-order valence-electron chi connectivity index (χ4n) is 2.91. The summed E-state index contributed by atoms with van der Waals surface area (Å²) in [5.41, 5.74) is 1.29. The number of carbonyl (C=O) groups excluding carboxylic acids is 2. The van der Waals surface area contributed by atoms with E-state index in [1.54, 1.807) is 13.2 Å². The number of nitrogens with zero attached hydrogens (tertiary/aromatic N) is 2. The maximum absolute atomic E-state index is 12.5. The largest absolute Gasteiger partial charge is 0.497 e. The Hall–Kier alpha value is -2.56. The number of thioether (sulfide) groups is 1. The van der Waals surface area contributed by atoms with Gasteiger partial charge in [-0.1, -0.05) is 12.1 Å². The summed E-state index contributed by atoms with van der Waals surface area (Å²) in [5.74, 6) is 0.289. The quantitative estimate of drug-likeness (QED) is 0.691. The fraction of sp³-hybridized carbons (Fsp3) is 0.300. The van der Waals surface area contributed by atoms with Crippen molar-refractivity contribution in [2.75, 3.05) is 38.4 Å². The Kier molecular flexibility index (Phi) is 6.69. The lowest BCUT2D eigenvalue weighted by Gasteiger charge is -2.29. The molecule has 3 rings (SSSR count). The Bertz CT molecular complexity index is 1070. The third-order valence-electron chi connectivity index (χ3n) is 4.58. The van der Waals surface area contributed by atoms with Crippen LogP contribution in [0.1, 0.15) is 5.56 Å². The molecule has 1 aliphatic heterocycles. The Morgan fingerprint density at radius 3 is 2.70 bits per heavy atom. The number of fused-ring (bicyclic) bond motifs is 1. The smallest absolute Gasteiger partial charge is 0.242 e. The van der Waals surface area contributed by atoms with Crippen molar-refractivity contribution in [1.82, 2.24) is 9.62 Å². The molecule has 0 radical (unpaired) electrons. The Balaban J connectivity index is 1.77. The van der Waals surface area contributed by atoms with Gasteiger partial charge in [-0.05, 0) is 35.9 Å². The lowest BCUT2D eigenvalue weighted by Crippen LogP contribution is -2.43. The third-order valence-corrected chi connectivity index (χ3v) is 7.44. The van der Waals surface area contributed by atoms with Gasteiger partial charge in [0.15, 0.2) is 0 Å². The Labute approximate surface area is 180 Å². The van der Waals surface area contributed by atoms with E-state index < -0.39 is 10.0 Å². The molecule has 2 aromatic rings. The van der Waals surface area contributed by atoms with Crippen LogP contribution in [-0.4, -0.2) is 58.0 Å². The SMILES string of the molecule is COc1cccc(CNC(=O)CN2C(=O)CSc3ccc(S(=O)(=O)N(C)C)cc32)c1. The van der Waals surface area contributed by atoms with E-state index in [1.165, 1.54) is 42.9 Å². The average molecular weight is 450 g/mol. The normalized spacial score (nSPS) is 13.9. The maximum atomic E-state index is 12.5. The molecule has 0 unspecified atom stereocenters. The zero-order chi connectivity index (χ0) is 21.9. The number of anilines is 1. The average Bonchev–Trinajstić information content (AvgIpc) is 2.74. The molecule has 1 aliphatic rings. The number of sulfonamides is 1. The number of carbonyl (C=O) groups is 2. The van der Waals surface area contributed by atoms with Crippen LogP contribution in [0.25, 0.3) is 0 Å². The number of nitrogens with one attached hydrogen (secondary N) is 1. The van der Waals surface area contributed by atoms with E-state index in [-0.39, 0.29) is 35.6 Å². The third kappa shape index (κ3) is 4.77. The lowest BCUT2D eigenvalue weighted by molar-refractivity contribution is -0.123. The van der Waals surface area contributed by atoms with E-state index in [1.807, 2.05) is 24.3 Å². The summed E-state index contributed by atoms with van der Waals surface area (Å²) in [6.45, 7) is 0.0938. The van der Waals surface area contributed by atoms with Gasteiger partial charge < -0.3 is 15.0 Å². The van der Waals surface area contributed by atoms with Crippen LogP contribution < -0.4 is 15.0 Å². The van der Waals surface area contributed by atoms with E-state index in [2.05, 4.69) is 5.32 Å². The van der Waals surface area contributed by atoms with E-state index >= 15 is 0 Å². The molecule has 0 aromatic heterocycles. The number of benzene rings is 2. The van der Waals surface area contributed by atoms with Gasteiger partial charge >= 0.3 is 0 Å². The van der Waals surface area contributed by atoms with Gasteiger partial charge in [-0.2, -0.15) is 0 Å². The Morgan fingerprint density at radius 1 is 1.23 bits per heavy atom. The highest BCUT2D eigenvalue weighted by atomic mass is 32.2. The number of hydrogen-bond donors (Lipinski definition) is 1. The van der Waals surface area contributed by atoms with Crippen molar-refractivity contribution in [3.05, 3.63) is 48.0 Å². The summed E-state index contributed by atoms with van der Waals surface area (Å²) < 4.78 is 31.2. The van der Waals surface area contributed by atoms with E-state index in [0.717, 1.165) is 14.8 Å². The highest BCUT2D eigenvalue weighted by Crippen LogP contribution is 2.37. The summed E-state index contributed by atoms with van der Waals surface area (Å²) in [5, 5.41) is 2.79. The maximum Gasteiger partial charge on any atom is 0.242 e. The number of hydrogen-bond acceptors (Lipinski definition) is 6. The number of amides is 2. The summed E-state index contributed by atoms with van der Waals surface area (Å²) in [7, 11) is 0.796. The molecule has 8 nitrogen and oxygen atoms in total. The van der Waals surface area contributed by atoms with Crippen LogP contribution in [0.5, 0.6) is 5.75 Å². The van der Waals surface area contributed by atoms with Gasteiger partial charge in [0.2, 0.25) is 21.8 Å². The summed E-state index contributed by atoms with van der Waals surface area (Å²) in [4.78, 5) is 27.2. The first-order chi connectivity index (χ1) is 14.2. The topological polar surface area (TPSA) is 96.0 Å².